The zero-order valence-electron chi connectivity index (χ0n) is 14.3. The second-order valence-corrected chi connectivity index (χ2v) is 6.19. The van der Waals surface area contributed by atoms with Gasteiger partial charge < -0.3 is 10.2 Å². The molecule has 1 amide bonds. The van der Waals surface area contributed by atoms with Crippen LogP contribution in [-0.2, 0) is 6.42 Å². The molecule has 0 atom stereocenters. The molecule has 0 radical (unpaired) electrons. The van der Waals surface area contributed by atoms with Gasteiger partial charge in [-0.1, -0.05) is 17.7 Å². The highest BCUT2D eigenvalue weighted by Crippen LogP contribution is 2.18. The summed E-state index contributed by atoms with van der Waals surface area (Å²) >= 11 is 5.96. The van der Waals surface area contributed by atoms with Crippen molar-refractivity contribution in [3.8, 4) is 0 Å². The number of aromatic nitrogens is 3. The Morgan fingerprint density at radius 1 is 1.15 bits per heavy atom. The molecule has 0 aliphatic rings. The minimum absolute atomic E-state index is 0.166. The summed E-state index contributed by atoms with van der Waals surface area (Å²) in [5.74, 6) is 0.379. The molecule has 2 aromatic heterocycles. The molecule has 0 spiro atoms. The molecule has 6 nitrogen and oxygen atoms in total. The molecule has 1 aromatic carbocycles. The Bertz CT molecular complexity index is 871. The number of amides is 1. The average molecular weight is 368 g/mol. The molecule has 0 bridgehead atoms. The summed E-state index contributed by atoms with van der Waals surface area (Å²) in [4.78, 5) is 26.5. The van der Waals surface area contributed by atoms with Gasteiger partial charge in [0, 0.05) is 36.7 Å². The molecule has 0 saturated heterocycles. The Balaban J connectivity index is 1.59. The molecule has 132 valence electrons. The fourth-order valence-electron chi connectivity index (χ4n) is 2.36. The third kappa shape index (κ3) is 4.77. The van der Waals surface area contributed by atoms with E-state index in [0.717, 1.165) is 17.7 Å². The van der Waals surface area contributed by atoms with Crippen LogP contribution in [0.4, 0.5) is 11.5 Å². The third-order valence-electron chi connectivity index (χ3n) is 3.80. The predicted molar refractivity (Wildman–Crippen MR) is 102 cm³/mol. The topological polar surface area (TPSA) is 71.0 Å². The van der Waals surface area contributed by atoms with E-state index >= 15 is 0 Å². The molecule has 1 N–H and O–H groups in total. The van der Waals surface area contributed by atoms with Crippen LogP contribution in [0.25, 0.3) is 0 Å². The van der Waals surface area contributed by atoms with Gasteiger partial charge in [-0.25, -0.2) is 9.97 Å². The second-order valence-electron chi connectivity index (χ2n) is 5.75. The van der Waals surface area contributed by atoms with E-state index in [1.807, 2.05) is 24.3 Å². The predicted octanol–water partition coefficient (Wildman–Crippen LogP) is 3.58. The summed E-state index contributed by atoms with van der Waals surface area (Å²) in [5.41, 5.74) is 2.24. The average Bonchev–Trinajstić information content (AvgIpc) is 2.67. The van der Waals surface area contributed by atoms with Gasteiger partial charge in [0.15, 0.2) is 0 Å². The van der Waals surface area contributed by atoms with E-state index in [1.54, 1.807) is 36.5 Å². The number of nitrogens with one attached hydrogen (secondary N) is 1. The van der Waals surface area contributed by atoms with E-state index in [2.05, 4.69) is 20.3 Å². The molecule has 3 rings (SSSR count). The molecular weight excluding hydrogens is 350 g/mol. The number of hydrogen-bond acceptors (Lipinski definition) is 5. The lowest BCUT2D eigenvalue weighted by Gasteiger charge is -2.16. The molecule has 0 unspecified atom stereocenters. The number of pyridine rings is 1. The minimum Gasteiger partial charge on any atom is -0.340 e. The zero-order valence-corrected chi connectivity index (χ0v) is 15.0. The van der Waals surface area contributed by atoms with Crippen molar-refractivity contribution in [3.05, 3.63) is 77.5 Å². The molecule has 0 fully saturated rings. The van der Waals surface area contributed by atoms with Gasteiger partial charge in [-0.2, -0.15) is 0 Å². The summed E-state index contributed by atoms with van der Waals surface area (Å²) in [5, 5.41) is 3.73. The number of hydrogen-bond donors (Lipinski definition) is 1. The largest absolute Gasteiger partial charge is 0.340 e. The summed E-state index contributed by atoms with van der Waals surface area (Å²) in [6, 6.07) is 11.2. The lowest BCUT2D eigenvalue weighted by molar-refractivity contribution is 0.0790. The summed E-state index contributed by atoms with van der Waals surface area (Å²) in [6.45, 7) is 0.590. The number of carbonyl (C=O) groups is 1. The van der Waals surface area contributed by atoms with E-state index < -0.39 is 0 Å². The van der Waals surface area contributed by atoms with Crippen LogP contribution in [0.2, 0.25) is 5.02 Å². The number of anilines is 2. The number of likely N-dealkylation sites (N-methyl/N-ethyl adjacent to an activating group) is 1. The van der Waals surface area contributed by atoms with E-state index in [1.165, 1.54) is 12.4 Å². The van der Waals surface area contributed by atoms with Gasteiger partial charge in [0.1, 0.15) is 11.5 Å². The first-order chi connectivity index (χ1) is 12.6. The first-order valence-electron chi connectivity index (χ1n) is 8.11. The van der Waals surface area contributed by atoms with Gasteiger partial charge in [-0.3, -0.25) is 9.78 Å². The fraction of sp³-hybridized carbons (Fsp3) is 0.158. The van der Waals surface area contributed by atoms with Crippen LogP contribution in [0.1, 0.15) is 16.1 Å². The normalized spacial score (nSPS) is 10.4. The smallest absolute Gasteiger partial charge is 0.273 e. The third-order valence-corrected chi connectivity index (χ3v) is 4.04. The first kappa shape index (κ1) is 17.8. The van der Waals surface area contributed by atoms with Crippen LogP contribution in [0.5, 0.6) is 0 Å². The number of nitrogens with zero attached hydrogens (tertiary/aromatic N) is 4. The van der Waals surface area contributed by atoms with E-state index in [4.69, 9.17) is 11.6 Å². The van der Waals surface area contributed by atoms with Crippen LogP contribution in [0.3, 0.4) is 0 Å². The van der Waals surface area contributed by atoms with Gasteiger partial charge in [-0.05, 0) is 42.3 Å². The number of rotatable bonds is 6. The van der Waals surface area contributed by atoms with Crippen molar-refractivity contribution in [2.24, 2.45) is 0 Å². The van der Waals surface area contributed by atoms with Crippen LogP contribution in [0.15, 0.2) is 61.2 Å². The number of halogens is 1. The Hall–Kier alpha value is -2.99. The van der Waals surface area contributed by atoms with E-state index in [9.17, 15) is 4.79 Å². The van der Waals surface area contributed by atoms with Crippen molar-refractivity contribution in [1.29, 1.82) is 0 Å². The first-order valence-corrected chi connectivity index (χ1v) is 8.48. The molecule has 26 heavy (non-hydrogen) atoms. The lowest BCUT2D eigenvalue weighted by Crippen LogP contribution is -2.29. The van der Waals surface area contributed by atoms with Gasteiger partial charge >= 0.3 is 0 Å². The Labute approximate surface area is 156 Å². The Morgan fingerprint density at radius 2 is 1.96 bits per heavy atom. The van der Waals surface area contributed by atoms with Crippen molar-refractivity contribution < 1.29 is 4.79 Å². The van der Waals surface area contributed by atoms with Crippen molar-refractivity contribution in [3.63, 3.8) is 0 Å². The highest BCUT2D eigenvalue weighted by molar-refractivity contribution is 6.30. The van der Waals surface area contributed by atoms with Gasteiger partial charge in [0.25, 0.3) is 5.91 Å². The van der Waals surface area contributed by atoms with Crippen molar-refractivity contribution in [2.75, 3.05) is 18.9 Å². The monoisotopic (exact) mass is 367 g/mol. The zero-order chi connectivity index (χ0) is 18.4. The second kappa shape index (κ2) is 8.40. The molecular formula is C19H18ClN5O. The highest BCUT2D eigenvalue weighted by atomic mass is 35.5. The maximum absolute atomic E-state index is 12.5. The van der Waals surface area contributed by atoms with E-state index in [0.29, 0.717) is 23.1 Å². The minimum atomic E-state index is -0.166. The standard InChI is InChI=1S/C19H18ClN5O/c1-25(10-7-14-5-8-21-9-6-14)19(26)17-12-23-18(13-22-17)24-16-4-2-3-15(20)11-16/h2-6,8-9,11-13H,7,10H2,1H3,(H,23,24). The van der Waals surface area contributed by atoms with Crippen LogP contribution >= 0.6 is 11.6 Å². The Morgan fingerprint density at radius 3 is 2.65 bits per heavy atom. The maximum atomic E-state index is 12.5. The highest BCUT2D eigenvalue weighted by Gasteiger charge is 2.13. The fourth-order valence-corrected chi connectivity index (χ4v) is 2.55. The van der Waals surface area contributed by atoms with Crippen LogP contribution in [0, 0.1) is 0 Å². The molecule has 3 aromatic rings. The quantitative estimate of drug-likeness (QED) is 0.721. The van der Waals surface area contributed by atoms with Crippen molar-refractivity contribution in [2.45, 2.75) is 6.42 Å². The van der Waals surface area contributed by atoms with Crippen LogP contribution < -0.4 is 5.32 Å². The summed E-state index contributed by atoms with van der Waals surface area (Å²) < 4.78 is 0. The summed E-state index contributed by atoms with van der Waals surface area (Å²) in [7, 11) is 1.75. The lowest BCUT2D eigenvalue weighted by atomic mass is 10.2. The summed E-state index contributed by atoms with van der Waals surface area (Å²) in [6.07, 6.45) is 7.25. The Kier molecular flexibility index (Phi) is 5.76. The van der Waals surface area contributed by atoms with Crippen molar-refractivity contribution >= 4 is 29.0 Å². The van der Waals surface area contributed by atoms with Gasteiger partial charge in [-0.15, -0.1) is 0 Å². The van der Waals surface area contributed by atoms with Gasteiger partial charge in [0.2, 0.25) is 0 Å². The molecule has 0 aliphatic carbocycles. The number of benzene rings is 1. The molecule has 0 aliphatic heterocycles. The molecule has 0 saturated carbocycles. The van der Waals surface area contributed by atoms with Crippen molar-refractivity contribution in [1.82, 2.24) is 19.9 Å². The van der Waals surface area contributed by atoms with E-state index in [-0.39, 0.29) is 5.91 Å². The number of carbonyl (C=O) groups excluding carboxylic acids is 1. The van der Waals surface area contributed by atoms with Crippen LogP contribution in [-0.4, -0.2) is 39.4 Å². The SMILES string of the molecule is CN(CCc1ccncc1)C(=O)c1cnc(Nc2cccc(Cl)c2)cn1. The van der Waals surface area contributed by atoms with Gasteiger partial charge in [0.05, 0.1) is 12.4 Å². The molecule has 2 heterocycles. The molecule has 7 heteroatoms. The maximum Gasteiger partial charge on any atom is 0.273 e.